The first kappa shape index (κ1) is 13.6. The number of rotatable bonds is 5. The van der Waals surface area contributed by atoms with E-state index >= 15 is 0 Å². The molecule has 0 bridgehead atoms. The highest BCUT2D eigenvalue weighted by Crippen LogP contribution is 2.26. The fourth-order valence-corrected chi connectivity index (χ4v) is 2.06. The average Bonchev–Trinajstić information content (AvgIpc) is 2.38. The van der Waals surface area contributed by atoms with E-state index in [1.165, 1.54) is 6.07 Å². The number of hydrogen-bond acceptors (Lipinski definition) is 5. The van der Waals surface area contributed by atoms with E-state index in [4.69, 9.17) is 9.52 Å². The van der Waals surface area contributed by atoms with Crippen molar-refractivity contribution in [2.45, 2.75) is 19.4 Å². The summed E-state index contributed by atoms with van der Waals surface area (Å²) in [5.74, 6) is 0. The molecule has 5 heteroatoms. The molecule has 2 aromatic rings. The van der Waals surface area contributed by atoms with Crippen LogP contribution < -0.4 is 10.9 Å². The Balaban J connectivity index is 2.55. The van der Waals surface area contributed by atoms with E-state index in [0.29, 0.717) is 16.5 Å². The minimum absolute atomic E-state index is 0.141. The summed E-state index contributed by atoms with van der Waals surface area (Å²) in [7, 11) is 0. The fraction of sp³-hybridized carbons (Fsp3) is 0.357. The van der Waals surface area contributed by atoms with Gasteiger partial charge in [0.05, 0.1) is 6.10 Å². The van der Waals surface area contributed by atoms with Crippen molar-refractivity contribution in [3.8, 4) is 0 Å². The zero-order chi connectivity index (χ0) is 13.8. The molecule has 102 valence electrons. The van der Waals surface area contributed by atoms with Gasteiger partial charge in [-0.2, -0.15) is 0 Å². The van der Waals surface area contributed by atoms with Gasteiger partial charge in [0, 0.05) is 42.8 Å². The van der Waals surface area contributed by atoms with Crippen LogP contribution in [0.2, 0.25) is 0 Å². The molecule has 1 unspecified atom stereocenters. The van der Waals surface area contributed by atoms with Crippen LogP contribution in [0, 0.1) is 0 Å². The summed E-state index contributed by atoms with van der Waals surface area (Å²) in [4.78, 5) is 11.5. The van der Waals surface area contributed by atoms with Crippen molar-refractivity contribution in [3.63, 3.8) is 0 Å². The van der Waals surface area contributed by atoms with E-state index in [1.807, 2.05) is 13.0 Å². The van der Waals surface area contributed by atoms with Crippen LogP contribution in [0.3, 0.4) is 0 Å². The van der Waals surface area contributed by atoms with Gasteiger partial charge >= 0.3 is 5.63 Å². The SMILES string of the molecule is CCNc1ccc2c(C(O)CCO)cc(=O)oc2c1. The van der Waals surface area contributed by atoms with Crippen molar-refractivity contribution in [1.29, 1.82) is 0 Å². The summed E-state index contributed by atoms with van der Waals surface area (Å²) in [5, 5.41) is 22.7. The lowest BCUT2D eigenvalue weighted by Crippen LogP contribution is -2.07. The Hall–Kier alpha value is -1.85. The van der Waals surface area contributed by atoms with Crippen LogP contribution in [0.5, 0.6) is 0 Å². The maximum Gasteiger partial charge on any atom is 0.336 e. The van der Waals surface area contributed by atoms with Crippen molar-refractivity contribution >= 4 is 16.7 Å². The number of aliphatic hydroxyl groups excluding tert-OH is 2. The Morgan fingerprint density at radius 3 is 2.84 bits per heavy atom. The van der Waals surface area contributed by atoms with E-state index < -0.39 is 11.7 Å². The van der Waals surface area contributed by atoms with Crippen LogP contribution in [-0.2, 0) is 0 Å². The Kier molecular flexibility index (Phi) is 4.19. The molecule has 1 aromatic heterocycles. The minimum Gasteiger partial charge on any atom is -0.423 e. The second kappa shape index (κ2) is 5.86. The van der Waals surface area contributed by atoms with Gasteiger partial charge in [0.2, 0.25) is 0 Å². The van der Waals surface area contributed by atoms with E-state index in [9.17, 15) is 9.90 Å². The third-order valence-corrected chi connectivity index (χ3v) is 2.92. The largest absolute Gasteiger partial charge is 0.423 e. The molecule has 3 N–H and O–H groups in total. The van der Waals surface area contributed by atoms with E-state index in [2.05, 4.69) is 5.32 Å². The normalized spacial score (nSPS) is 12.6. The van der Waals surface area contributed by atoms with Crippen molar-refractivity contribution in [1.82, 2.24) is 0 Å². The third-order valence-electron chi connectivity index (χ3n) is 2.92. The summed E-state index contributed by atoms with van der Waals surface area (Å²) in [5.41, 5.74) is 1.27. The average molecular weight is 263 g/mol. The van der Waals surface area contributed by atoms with Crippen LogP contribution in [0.1, 0.15) is 25.0 Å². The van der Waals surface area contributed by atoms with Gasteiger partial charge in [0.25, 0.3) is 0 Å². The monoisotopic (exact) mass is 263 g/mol. The number of fused-ring (bicyclic) bond motifs is 1. The standard InChI is InChI=1S/C14H17NO4/c1-2-15-9-3-4-10-11(12(17)5-6-16)8-14(18)19-13(10)7-9/h3-4,7-8,12,15-17H,2,5-6H2,1H3. The summed E-state index contributed by atoms with van der Waals surface area (Å²) < 4.78 is 5.15. The Bertz CT molecular complexity index is 620. The van der Waals surface area contributed by atoms with Crippen LogP contribution in [0.15, 0.2) is 33.5 Å². The molecule has 0 aliphatic carbocycles. The van der Waals surface area contributed by atoms with Gasteiger partial charge in [-0.05, 0) is 24.6 Å². The number of hydrogen-bond donors (Lipinski definition) is 3. The van der Waals surface area contributed by atoms with Crippen molar-refractivity contribution in [3.05, 3.63) is 40.2 Å². The van der Waals surface area contributed by atoms with Crippen LogP contribution in [0.4, 0.5) is 5.69 Å². The molecule has 0 aliphatic heterocycles. The molecule has 5 nitrogen and oxygen atoms in total. The lowest BCUT2D eigenvalue weighted by molar-refractivity contribution is 0.135. The zero-order valence-corrected chi connectivity index (χ0v) is 10.7. The molecule has 19 heavy (non-hydrogen) atoms. The summed E-state index contributed by atoms with van der Waals surface area (Å²) in [6.45, 7) is 2.60. The Morgan fingerprint density at radius 2 is 2.16 bits per heavy atom. The van der Waals surface area contributed by atoms with Crippen LogP contribution in [0.25, 0.3) is 11.0 Å². The fourth-order valence-electron chi connectivity index (χ4n) is 2.06. The maximum absolute atomic E-state index is 11.5. The van der Waals surface area contributed by atoms with E-state index in [1.54, 1.807) is 12.1 Å². The summed E-state index contributed by atoms with van der Waals surface area (Å²) >= 11 is 0. The molecule has 1 aromatic carbocycles. The second-order valence-electron chi connectivity index (χ2n) is 4.29. The van der Waals surface area contributed by atoms with Gasteiger partial charge in [-0.15, -0.1) is 0 Å². The Morgan fingerprint density at radius 1 is 1.37 bits per heavy atom. The molecule has 0 aliphatic rings. The van der Waals surface area contributed by atoms with Crippen LogP contribution >= 0.6 is 0 Å². The van der Waals surface area contributed by atoms with E-state index in [-0.39, 0.29) is 13.0 Å². The smallest absolute Gasteiger partial charge is 0.336 e. The van der Waals surface area contributed by atoms with Gasteiger partial charge in [-0.3, -0.25) is 0 Å². The number of nitrogens with one attached hydrogen (secondary N) is 1. The summed E-state index contributed by atoms with van der Waals surface area (Å²) in [6, 6.07) is 6.66. The number of aliphatic hydroxyl groups is 2. The molecule has 0 radical (unpaired) electrons. The van der Waals surface area contributed by atoms with Gasteiger partial charge < -0.3 is 19.9 Å². The van der Waals surface area contributed by atoms with Crippen molar-refractivity contribution in [2.24, 2.45) is 0 Å². The molecular weight excluding hydrogens is 246 g/mol. The molecule has 2 rings (SSSR count). The molecule has 1 heterocycles. The topological polar surface area (TPSA) is 82.7 Å². The lowest BCUT2D eigenvalue weighted by Gasteiger charge is -2.12. The first-order chi connectivity index (χ1) is 9.15. The maximum atomic E-state index is 11.5. The predicted molar refractivity (Wildman–Crippen MR) is 73.3 cm³/mol. The number of benzene rings is 1. The molecule has 0 saturated carbocycles. The first-order valence-electron chi connectivity index (χ1n) is 6.26. The molecule has 1 atom stereocenters. The van der Waals surface area contributed by atoms with Crippen molar-refractivity contribution in [2.75, 3.05) is 18.5 Å². The van der Waals surface area contributed by atoms with Gasteiger partial charge in [-0.1, -0.05) is 0 Å². The molecule has 0 fully saturated rings. The van der Waals surface area contributed by atoms with Gasteiger partial charge in [0.1, 0.15) is 5.58 Å². The lowest BCUT2D eigenvalue weighted by atomic mass is 10.0. The first-order valence-corrected chi connectivity index (χ1v) is 6.26. The quantitative estimate of drug-likeness (QED) is 0.714. The molecule has 0 saturated heterocycles. The highest BCUT2D eigenvalue weighted by atomic mass is 16.4. The number of anilines is 1. The highest BCUT2D eigenvalue weighted by molar-refractivity contribution is 5.83. The summed E-state index contributed by atoms with van der Waals surface area (Å²) in [6.07, 6.45) is -0.686. The molecular formula is C14H17NO4. The Labute approximate surface area is 110 Å². The van der Waals surface area contributed by atoms with Gasteiger partial charge in [-0.25, -0.2) is 4.79 Å². The van der Waals surface area contributed by atoms with E-state index in [0.717, 1.165) is 12.2 Å². The highest BCUT2D eigenvalue weighted by Gasteiger charge is 2.13. The molecule has 0 spiro atoms. The zero-order valence-electron chi connectivity index (χ0n) is 10.7. The minimum atomic E-state index is -0.874. The molecule has 0 amide bonds. The van der Waals surface area contributed by atoms with Gasteiger partial charge in [0.15, 0.2) is 0 Å². The predicted octanol–water partition coefficient (Wildman–Crippen LogP) is 1.64. The van der Waals surface area contributed by atoms with Crippen molar-refractivity contribution < 1.29 is 14.6 Å². The second-order valence-corrected chi connectivity index (χ2v) is 4.29. The third kappa shape index (κ3) is 2.94. The van der Waals surface area contributed by atoms with Crippen LogP contribution in [-0.4, -0.2) is 23.4 Å².